The minimum absolute atomic E-state index is 0.949. The highest BCUT2D eigenvalue weighted by atomic mass is 15.1. The maximum Gasteiger partial charge on any atom is 0.0366 e. The Labute approximate surface area is 112 Å². The summed E-state index contributed by atoms with van der Waals surface area (Å²) < 4.78 is 0. The Morgan fingerprint density at radius 1 is 0.944 bits per heavy atom. The van der Waals surface area contributed by atoms with Crippen LogP contribution < -0.4 is 10.2 Å². The normalized spacial score (nSPS) is 10.6. The molecule has 0 aromatic heterocycles. The molecule has 0 aliphatic heterocycles. The molecule has 2 heteroatoms. The van der Waals surface area contributed by atoms with E-state index in [1.165, 1.54) is 50.0 Å². The molecule has 0 unspecified atom stereocenters. The molecule has 102 valence electrons. The minimum Gasteiger partial charge on any atom is -0.372 e. The smallest absolute Gasteiger partial charge is 0.0366 e. The minimum atomic E-state index is 0.949. The molecule has 0 aliphatic carbocycles. The molecular weight excluding hydrogens is 220 g/mol. The Morgan fingerprint density at radius 2 is 1.50 bits per heavy atom. The fourth-order valence-electron chi connectivity index (χ4n) is 2.10. The zero-order valence-corrected chi connectivity index (χ0v) is 12.2. The van der Waals surface area contributed by atoms with E-state index in [0.29, 0.717) is 0 Å². The molecule has 1 rings (SSSR count). The van der Waals surface area contributed by atoms with Crippen molar-refractivity contribution in [3.8, 4) is 0 Å². The molecule has 18 heavy (non-hydrogen) atoms. The van der Waals surface area contributed by atoms with Crippen molar-refractivity contribution in [2.45, 2.75) is 46.1 Å². The van der Waals surface area contributed by atoms with Crippen LogP contribution in [0.3, 0.4) is 0 Å². The summed E-state index contributed by atoms with van der Waals surface area (Å²) in [6.45, 7) is 7.83. The molecule has 0 saturated heterocycles. The quantitative estimate of drug-likeness (QED) is 0.715. The maximum atomic E-state index is 3.19. The Hall–Kier alpha value is -1.02. The number of unbranched alkanes of at least 4 members (excludes halogenated alkanes) is 2. The van der Waals surface area contributed by atoms with Crippen LogP contribution in [0.5, 0.6) is 0 Å². The average Bonchev–Trinajstić information content (AvgIpc) is 2.41. The summed E-state index contributed by atoms with van der Waals surface area (Å²) in [6.07, 6.45) is 5.09. The average molecular weight is 248 g/mol. The van der Waals surface area contributed by atoms with Crippen molar-refractivity contribution >= 4 is 5.69 Å². The van der Waals surface area contributed by atoms with E-state index in [1.54, 1.807) is 0 Å². The van der Waals surface area contributed by atoms with Crippen LogP contribution >= 0.6 is 0 Å². The van der Waals surface area contributed by atoms with Gasteiger partial charge in [0.25, 0.3) is 0 Å². The van der Waals surface area contributed by atoms with Gasteiger partial charge >= 0.3 is 0 Å². The Morgan fingerprint density at radius 3 is 1.94 bits per heavy atom. The molecule has 0 spiro atoms. The Balaban J connectivity index is 2.64. The van der Waals surface area contributed by atoms with Gasteiger partial charge < -0.3 is 10.2 Å². The fraction of sp³-hybridized carbons (Fsp3) is 0.625. The number of nitrogens with zero attached hydrogens (tertiary/aromatic N) is 1. The second kappa shape index (κ2) is 8.98. The highest BCUT2D eigenvalue weighted by molar-refractivity contribution is 5.47. The fourth-order valence-corrected chi connectivity index (χ4v) is 2.10. The monoisotopic (exact) mass is 248 g/mol. The SMILES string of the molecule is CCCCN(CCCC)c1ccc(CNC)cc1. The molecule has 0 fully saturated rings. The van der Waals surface area contributed by atoms with Crippen molar-refractivity contribution < 1.29 is 0 Å². The molecule has 2 nitrogen and oxygen atoms in total. The van der Waals surface area contributed by atoms with Crippen LogP contribution in [0.15, 0.2) is 24.3 Å². The van der Waals surface area contributed by atoms with Crippen LogP contribution in [0.2, 0.25) is 0 Å². The van der Waals surface area contributed by atoms with E-state index >= 15 is 0 Å². The third-order valence-corrected chi connectivity index (χ3v) is 3.25. The zero-order valence-electron chi connectivity index (χ0n) is 12.2. The number of nitrogens with one attached hydrogen (secondary N) is 1. The first kappa shape index (κ1) is 15.0. The van der Waals surface area contributed by atoms with E-state index < -0.39 is 0 Å². The van der Waals surface area contributed by atoms with E-state index in [2.05, 4.69) is 48.3 Å². The first-order chi connectivity index (χ1) is 8.81. The van der Waals surface area contributed by atoms with Gasteiger partial charge in [-0.25, -0.2) is 0 Å². The van der Waals surface area contributed by atoms with E-state index in [0.717, 1.165) is 6.54 Å². The lowest BCUT2D eigenvalue weighted by atomic mass is 10.1. The lowest BCUT2D eigenvalue weighted by molar-refractivity contribution is 0.678. The third-order valence-electron chi connectivity index (χ3n) is 3.25. The van der Waals surface area contributed by atoms with E-state index in [1.807, 2.05) is 7.05 Å². The van der Waals surface area contributed by atoms with Crippen LogP contribution in [0.1, 0.15) is 45.1 Å². The van der Waals surface area contributed by atoms with Gasteiger partial charge in [-0.2, -0.15) is 0 Å². The number of hydrogen-bond acceptors (Lipinski definition) is 2. The largest absolute Gasteiger partial charge is 0.372 e. The molecule has 0 bridgehead atoms. The van der Waals surface area contributed by atoms with Gasteiger partial charge in [0.05, 0.1) is 0 Å². The predicted octanol–water partition coefficient (Wildman–Crippen LogP) is 3.81. The number of rotatable bonds is 9. The second-order valence-electron chi connectivity index (χ2n) is 4.89. The zero-order chi connectivity index (χ0) is 13.2. The van der Waals surface area contributed by atoms with Gasteiger partial charge in [-0.1, -0.05) is 38.8 Å². The van der Waals surface area contributed by atoms with E-state index in [-0.39, 0.29) is 0 Å². The molecule has 0 radical (unpaired) electrons. The van der Waals surface area contributed by atoms with Gasteiger partial charge in [-0.15, -0.1) is 0 Å². The summed E-state index contributed by atoms with van der Waals surface area (Å²) in [5, 5.41) is 3.19. The summed E-state index contributed by atoms with van der Waals surface area (Å²) in [7, 11) is 1.99. The van der Waals surface area contributed by atoms with Crippen LogP contribution in [-0.4, -0.2) is 20.1 Å². The lowest BCUT2D eigenvalue weighted by Crippen LogP contribution is -2.25. The molecule has 0 atom stereocenters. The molecule has 1 aromatic rings. The van der Waals surface area contributed by atoms with E-state index in [9.17, 15) is 0 Å². The first-order valence-corrected chi connectivity index (χ1v) is 7.30. The van der Waals surface area contributed by atoms with Crippen molar-refractivity contribution in [2.24, 2.45) is 0 Å². The molecule has 1 N–H and O–H groups in total. The van der Waals surface area contributed by atoms with Crippen molar-refractivity contribution in [1.82, 2.24) is 5.32 Å². The van der Waals surface area contributed by atoms with Crippen LogP contribution in [-0.2, 0) is 6.54 Å². The number of benzene rings is 1. The van der Waals surface area contributed by atoms with Gasteiger partial charge in [0.1, 0.15) is 0 Å². The first-order valence-electron chi connectivity index (χ1n) is 7.30. The summed E-state index contributed by atoms with van der Waals surface area (Å²) in [5.41, 5.74) is 2.73. The molecular formula is C16H28N2. The van der Waals surface area contributed by atoms with Crippen LogP contribution in [0.4, 0.5) is 5.69 Å². The number of hydrogen-bond donors (Lipinski definition) is 1. The maximum absolute atomic E-state index is 3.19. The van der Waals surface area contributed by atoms with Crippen molar-refractivity contribution in [3.05, 3.63) is 29.8 Å². The van der Waals surface area contributed by atoms with Gasteiger partial charge in [-0.05, 0) is 37.6 Å². The topological polar surface area (TPSA) is 15.3 Å². The van der Waals surface area contributed by atoms with Crippen molar-refractivity contribution in [3.63, 3.8) is 0 Å². The third kappa shape index (κ3) is 5.09. The standard InChI is InChI=1S/C16H28N2/c1-4-6-12-18(13-7-5-2)16-10-8-15(9-11-16)14-17-3/h8-11,17H,4-7,12-14H2,1-3H3. The lowest BCUT2D eigenvalue weighted by Gasteiger charge is -2.25. The Kier molecular flexibility index (Phi) is 7.51. The van der Waals surface area contributed by atoms with Gasteiger partial charge in [0.2, 0.25) is 0 Å². The van der Waals surface area contributed by atoms with Gasteiger partial charge in [-0.3, -0.25) is 0 Å². The highest BCUT2D eigenvalue weighted by Crippen LogP contribution is 2.17. The molecule has 0 aliphatic rings. The predicted molar refractivity (Wildman–Crippen MR) is 81.2 cm³/mol. The molecule has 0 heterocycles. The van der Waals surface area contributed by atoms with Gasteiger partial charge in [0, 0.05) is 25.3 Å². The van der Waals surface area contributed by atoms with Gasteiger partial charge in [0.15, 0.2) is 0 Å². The van der Waals surface area contributed by atoms with Crippen molar-refractivity contribution in [1.29, 1.82) is 0 Å². The summed E-state index contributed by atoms with van der Waals surface area (Å²) in [6, 6.07) is 8.99. The molecule has 1 aromatic carbocycles. The van der Waals surface area contributed by atoms with Crippen molar-refractivity contribution in [2.75, 3.05) is 25.0 Å². The summed E-state index contributed by atoms with van der Waals surface area (Å²) in [4.78, 5) is 2.52. The van der Waals surface area contributed by atoms with Crippen LogP contribution in [0.25, 0.3) is 0 Å². The van der Waals surface area contributed by atoms with E-state index in [4.69, 9.17) is 0 Å². The summed E-state index contributed by atoms with van der Waals surface area (Å²) in [5.74, 6) is 0. The number of anilines is 1. The highest BCUT2D eigenvalue weighted by Gasteiger charge is 2.05. The second-order valence-corrected chi connectivity index (χ2v) is 4.89. The molecule has 0 amide bonds. The van der Waals surface area contributed by atoms with Crippen LogP contribution in [0, 0.1) is 0 Å². The molecule has 0 saturated carbocycles. The summed E-state index contributed by atoms with van der Waals surface area (Å²) >= 11 is 0. The Bertz CT molecular complexity index is 297.